The maximum atomic E-state index is 11.8. The summed E-state index contributed by atoms with van der Waals surface area (Å²) in [6.07, 6.45) is 1.05. The molecule has 0 bridgehead atoms. The van der Waals surface area contributed by atoms with E-state index < -0.39 is 15.9 Å². The Kier molecular flexibility index (Phi) is 5.53. The molecule has 0 radical (unpaired) electrons. The average molecular weight is 451 g/mol. The third-order valence-corrected chi connectivity index (χ3v) is 5.56. The minimum Gasteiger partial charge on any atom is -0.301 e. The van der Waals surface area contributed by atoms with Crippen LogP contribution in [0.3, 0.4) is 0 Å². The number of hydrogen-bond donors (Lipinski definition) is 1. The van der Waals surface area contributed by atoms with Gasteiger partial charge in [0.2, 0.25) is 15.9 Å². The van der Waals surface area contributed by atoms with Crippen molar-refractivity contribution in [3.8, 4) is 11.3 Å². The van der Waals surface area contributed by atoms with Crippen molar-refractivity contribution in [2.75, 3.05) is 25.2 Å². The first-order valence-electron chi connectivity index (χ1n) is 6.18. The summed E-state index contributed by atoms with van der Waals surface area (Å²) < 4.78 is 24.7. The van der Waals surface area contributed by atoms with E-state index in [0.29, 0.717) is 5.13 Å². The first-order chi connectivity index (χ1) is 10.3. The highest BCUT2D eigenvalue weighted by atomic mass is 127. The number of hydrogen-bond acceptors (Lipinski definition) is 5. The summed E-state index contributed by atoms with van der Waals surface area (Å²) in [5.41, 5.74) is 1.73. The minimum absolute atomic E-state index is 0.239. The number of likely N-dealkylation sites (N-methyl/N-ethyl adjacent to an activating group) is 1. The largest absolute Gasteiger partial charge is 0.301 e. The second-order valence-corrected chi connectivity index (χ2v) is 8.81. The van der Waals surface area contributed by atoms with Crippen molar-refractivity contribution in [2.24, 2.45) is 0 Å². The molecular weight excluding hydrogens is 437 g/mol. The second kappa shape index (κ2) is 7.02. The van der Waals surface area contributed by atoms with Crippen molar-refractivity contribution in [1.29, 1.82) is 0 Å². The Labute approximate surface area is 146 Å². The van der Waals surface area contributed by atoms with Crippen molar-refractivity contribution >= 4 is 55.0 Å². The summed E-state index contributed by atoms with van der Waals surface area (Å²) >= 11 is 3.52. The van der Waals surface area contributed by atoms with E-state index in [1.54, 1.807) is 0 Å². The van der Waals surface area contributed by atoms with Gasteiger partial charge < -0.3 is 5.32 Å². The lowest BCUT2D eigenvalue weighted by molar-refractivity contribution is -0.116. The molecule has 0 spiro atoms. The van der Waals surface area contributed by atoms with Crippen molar-refractivity contribution in [1.82, 2.24) is 9.29 Å². The smallest absolute Gasteiger partial charge is 0.241 e. The highest BCUT2D eigenvalue weighted by Crippen LogP contribution is 2.25. The Balaban J connectivity index is 2.03. The maximum absolute atomic E-state index is 11.8. The number of aromatic nitrogens is 1. The van der Waals surface area contributed by atoms with Crippen LogP contribution in [0.1, 0.15) is 0 Å². The molecule has 118 valence electrons. The van der Waals surface area contributed by atoms with Crippen LogP contribution < -0.4 is 5.32 Å². The molecule has 0 saturated heterocycles. The van der Waals surface area contributed by atoms with E-state index in [1.165, 1.54) is 18.4 Å². The van der Waals surface area contributed by atoms with Gasteiger partial charge in [-0.1, -0.05) is 12.1 Å². The van der Waals surface area contributed by atoms with E-state index in [1.807, 2.05) is 29.6 Å². The lowest BCUT2D eigenvalue weighted by atomic mass is 10.2. The molecule has 0 aliphatic carbocycles. The lowest BCUT2D eigenvalue weighted by Crippen LogP contribution is -2.34. The van der Waals surface area contributed by atoms with Crippen LogP contribution in [0.15, 0.2) is 29.6 Å². The van der Waals surface area contributed by atoms with Crippen molar-refractivity contribution in [3.63, 3.8) is 0 Å². The Morgan fingerprint density at radius 1 is 1.36 bits per heavy atom. The quantitative estimate of drug-likeness (QED) is 0.708. The van der Waals surface area contributed by atoms with E-state index in [-0.39, 0.29) is 6.54 Å². The number of thiazole rings is 1. The monoisotopic (exact) mass is 451 g/mol. The summed E-state index contributed by atoms with van der Waals surface area (Å²) in [6, 6.07) is 7.88. The number of rotatable bonds is 5. The number of anilines is 1. The molecule has 9 heteroatoms. The lowest BCUT2D eigenvalue weighted by Gasteiger charge is -2.12. The molecule has 1 N–H and O–H groups in total. The van der Waals surface area contributed by atoms with Gasteiger partial charge in [0.05, 0.1) is 18.5 Å². The number of nitrogens with one attached hydrogen (secondary N) is 1. The van der Waals surface area contributed by atoms with E-state index in [4.69, 9.17) is 0 Å². The predicted octanol–water partition coefficient (Wildman–Crippen LogP) is 2.24. The van der Waals surface area contributed by atoms with Gasteiger partial charge in [-0.2, -0.15) is 4.31 Å². The Morgan fingerprint density at radius 2 is 2.00 bits per heavy atom. The van der Waals surface area contributed by atoms with Crippen LogP contribution in [-0.4, -0.2) is 43.5 Å². The molecule has 0 atom stereocenters. The van der Waals surface area contributed by atoms with E-state index >= 15 is 0 Å². The van der Waals surface area contributed by atoms with Gasteiger partial charge in [-0.15, -0.1) is 11.3 Å². The number of nitrogens with zero attached hydrogens (tertiary/aromatic N) is 2. The van der Waals surface area contributed by atoms with Gasteiger partial charge >= 0.3 is 0 Å². The zero-order valence-corrected chi connectivity index (χ0v) is 15.7. The van der Waals surface area contributed by atoms with Crippen LogP contribution in [0.5, 0.6) is 0 Å². The van der Waals surface area contributed by atoms with E-state index in [0.717, 1.165) is 25.4 Å². The highest BCUT2D eigenvalue weighted by molar-refractivity contribution is 14.1. The van der Waals surface area contributed by atoms with Crippen LogP contribution >= 0.6 is 33.9 Å². The molecule has 0 saturated carbocycles. The fraction of sp³-hybridized carbons (Fsp3) is 0.231. The summed E-state index contributed by atoms with van der Waals surface area (Å²) in [5, 5.41) is 4.90. The van der Waals surface area contributed by atoms with Crippen LogP contribution in [0.2, 0.25) is 0 Å². The molecule has 2 aromatic rings. The van der Waals surface area contributed by atoms with E-state index in [2.05, 4.69) is 32.9 Å². The summed E-state index contributed by atoms with van der Waals surface area (Å²) in [6.45, 7) is -0.239. The minimum atomic E-state index is -3.38. The first-order valence-corrected chi connectivity index (χ1v) is 9.99. The Morgan fingerprint density at radius 3 is 2.59 bits per heavy atom. The molecule has 0 fully saturated rings. The van der Waals surface area contributed by atoms with Crippen LogP contribution in [0, 0.1) is 3.57 Å². The second-order valence-electron chi connectivity index (χ2n) is 4.61. The molecule has 22 heavy (non-hydrogen) atoms. The van der Waals surface area contributed by atoms with E-state index in [9.17, 15) is 13.2 Å². The fourth-order valence-electron chi connectivity index (χ4n) is 1.56. The van der Waals surface area contributed by atoms with Gasteiger partial charge in [-0.3, -0.25) is 4.79 Å². The molecule has 1 aromatic heterocycles. The molecule has 1 amide bonds. The summed E-state index contributed by atoms with van der Waals surface area (Å²) in [7, 11) is -2.02. The van der Waals surface area contributed by atoms with Gasteiger partial charge in [0.15, 0.2) is 5.13 Å². The standard InChI is InChI=1S/C13H14IN3O3S2/c1-17(22(2,19)20)7-12(18)16-13-15-11(8-21-13)9-3-5-10(14)6-4-9/h3-6,8H,7H2,1-2H3,(H,15,16,18). The molecule has 0 aliphatic rings. The van der Waals surface area contributed by atoms with Crippen LogP contribution in [0.25, 0.3) is 11.3 Å². The SMILES string of the molecule is CN(CC(=O)Nc1nc(-c2ccc(I)cc2)cs1)S(C)(=O)=O. The molecular formula is C13H14IN3O3S2. The van der Waals surface area contributed by atoms with Crippen LogP contribution in [-0.2, 0) is 14.8 Å². The van der Waals surface area contributed by atoms with Gasteiger partial charge in [-0.25, -0.2) is 13.4 Å². The van der Waals surface area contributed by atoms with Crippen molar-refractivity contribution in [3.05, 3.63) is 33.2 Å². The molecule has 2 rings (SSSR count). The van der Waals surface area contributed by atoms with Crippen molar-refractivity contribution < 1.29 is 13.2 Å². The average Bonchev–Trinajstić information content (AvgIpc) is 2.86. The Bertz CT molecular complexity index is 772. The topological polar surface area (TPSA) is 79.4 Å². The molecule has 0 unspecified atom stereocenters. The Hall–Kier alpha value is -1.04. The van der Waals surface area contributed by atoms with Gasteiger partial charge in [0.25, 0.3) is 0 Å². The maximum Gasteiger partial charge on any atom is 0.241 e. The number of halogens is 1. The third-order valence-electron chi connectivity index (χ3n) is 2.82. The van der Waals surface area contributed by atoms with Gasteiger partial charge in [0.1, 0.15) is 0 Å². The van der Waals surface area contributed by atoms with Crippen molar-refractivity contribution in [2.45, 2.75) is 0 Å². The number of amides is 1. The third kappa shape index (κ3) is 4.73. The van der Waals surface area contributed by atoms with Gasteiger partial charge in [-0.05, 0) is 34.7 Å². The molecule has 0 aliphatic heterocycles. The van der Waals surface area contributed by atoms with Crippen LogP contribution in [0.4, 0.5) is 5.13 Å². The number of carbonyl (C=O) groups excluding carboxylic acids is 1. The first kappa shape index (κ1) is 17.3. The highest BCUT2D eigenvalue weighted by Gasteiger charge is 2.16. The molecule has 1 aromatic carbocycles. The van der Waals surface area contributed by atoms with Gasteiger partial charge in [0, 0.05) is 21.6 Å². The predicted molar refractivity (Wildman–Crippen MR) is 96.4 cm³/mol. The zero-order valence-electron chi connectivity index (χ0n) is 11.9. The molecule has 1 heterocycles. The summed E-state index contributed by atoms with van der Waals surface area (Å²) in [4.78, 5) is 16.1. The fourth-order valence-corrected chi connectivity index (χ4v) is 3.01. The summed E-state index contributed by atoms with van der Waals surface area (Å²) in [5.74, 6) is -0.420. The zero-order chi connectivity index (χ0) is 16.3. The molecule has 6 nitrogen and oxygen atoms in total. The number of benzene rings is 1. The normalized spacial score (nSPS) is 11.6. The number of carbonyl (C=O) groups is 1. The number of sulfonamides is 1.